The minimum absolute atomic E-state index is 0.364. The van der Waals surface area contributed by atoms with Gasteiger partial charge in [-0.3, -0.25) is 35.4 Å². The predicted molar refractivity (Wildman–Crippen MR) is 115 cm³/mol. The molecule has 2 amide bonds. The highest BCUT2D eigenvalue weighted by atomic mass is 32.1. The van der Waals surface area contributed by atoms with Crippen molar-refractivity contribution in [1.82, 2.24) is 25.9 Å². The Morgan fingerprint density at radius 2 is 1.50 bits per heavy atom. The molecule has 7 nitrogen and oxygen atoms in total. The predicted octanol–water partition coefficient (Wildman–Crippen LogP) is 1.84. The van der Waals surface area contributed by atoms with Crippen LogP contribution in [0.2, 0.25) is 0 Å². The molecule has 0 atom stereocenters. The zero-order valence-electron chi connectivity index (χ0n) is 15.6. The lowest BCUT2D eigenvalue weighted by molar-refractivity contribution is -0.132. The molecule has 1 heterocycles. The number of pyridine rings is 1. The third kappa shape index (κ3) is 6.07. The van der Waals surface area contributed by atoms with Crippen molar-refractivity contribution in [2.24, 2.45) is 0 Å². The summed E-state index contributed by atoms with van der Waals surface area (Å²) in [5.74, 6) is -0.959. The summed E-state index contributed by atoms with van der Waals surface area (Å²) in [5, 5.41) is 2.93. The van der Waals surface area contributed by atoms with Gasteiger partial charge < -0.3 is 0 Å². The van der Waals surface area contributed by atoms with Crippen LogP contribution in [0.3, 0.4) is 0 Å². The number of nitrogens with one attached hydrogen (secondary N) is 2. The molecule has 0 unspecified atom stereocenters. The van der Waals surface area contributed by atoms with E-state index in [9.17, 15) is 9.59 Å². The highest BCUT2D eigenvalue weighted by molar-refractivity contribution is 7.80. The number of aromatic nitrogens is 1. The van der Waals surface area contributed by atoms with Crippen molar-refractivity contribution >= 4 is 46.2 Å². The first-order valence-electron chi connectivity index (χ1n) is 8.56. The minimum Gasteiger partial charge on any atom is -0.277 e. The first-order valence-corrected chi connectivity index (χ1v) is 9.38. The Bertz CT molecular complexity index is 846. The lowest BCUT2D eigenvalue weighted by Gasteiger charge is -2.25. The Kier molecular flexibility index (Phi) is 7.97. The van der Waals surface area contributed by atoms with E-state index in [2.05, 4.69) is 15.8 Å². The Balaban J connectivity index is 1.88. The summed E-state index contributed by atoms with van der Waals surface area (Å²) in [6.07, 6.45) is 2.88. The van der Waals surface area contributed by atoms with E-state index in [4.69, 9.17) is 24.4 Å². The summed E-state index contributed by atoms with van der Waals surface area (Å²) in [6.45, 7) is 2.30. The van der Waals surface area contributed by atoms with E-state index >= 15 is 0 Å². The molecule has 0 spiro atoms. The molecule has 0 fully saturated rings. The average molecular weight is 416 g/mol. The van der Waals surface area contributed by atoms with Crippen molar-refractivity contribution in [3.05, 3.63) is 66.0 Å². The monoisotopic (exact) mass is 415 g/mol. The van der Waals surface area contributed by atoms with Gasteiger partial charge in [0.25, 0.3) is 0 Å². The van der Waals surface area contributed by atoms with Crippen molar-refractivity contribution in [3.8, 4) is 0 Å². The quantitative estimate of drug-likeness (QED) is 0.438. The van der Waals surface area contributed by atoms with Crippen LogP contribution in [0.25, 0.3) is 0 Å². The third-order valence-electron chi connectivity index (χ3n) is 3.69. The van der Waals surface area contributed by atoms with E-state index in [1.165, 1.54) is 10.0 Å². The van der Waals surface area contributed by atoms with Crippen molar-refractivity contribution in [2.75, 3.05) is 13.6 Å². The van der Waals surface area contributed by atoms with Gasteiger partial charge in [0.2, 0.25) is 11.8 Å². The van der Waals surface area contributed by atoms with E-state index in [0.717, 1.165) is 11.1 Å². The second kappa shape index (κ2) is 10.4. The zero-order valence-corrected chi connectivity index (χ0v) is 17.2. The van der Waals surface area contributed by atoms with Gasteiger partial charge in [-0.05, 0) is 19.1 Å². The number of hydrazine groups is 2. The molecule has 0 aliphatic carbocycles. The molecule has 2 aromatic rings. The van der Waals surface area contributed by atoms with Crippen molar-refractivity contribution in [3.63, 3.8) is 0 Å². The van der Waals surface area contributed by atoms with E-state index in [1.54, 1.807) is 31.6 Å². The number of hydrogen-bond acceptors (Lipinski definition) is 5. The minimum atomic E-state index is -0.482. The standard InChI is InChI=1S/C19H21N5O2S2/c1-3-24(19(28)15-9-11-20-12-10-15)22-17(26)13-16(25)21-23(2)18(27)14-7-5-4-6-8-14/h4-12H,3,13H2,1-2H3,(H,21,25)(H,22,26). The highest BCUT2D eigenvalue weighted by Crippen LogP contribution is 2.05. The maximum atomic E-state index is 12.2. The molecule has 0 aliphatic rings. The first kappa shape index (κ1) is 21.4. The molecule has 28 heavy (non-hydrogen) atoms. The van der Waals surface area contributed by atoms with Crippen LogP contribution in [0, 0.1) is 0 Å². The summed E-state index contributed by atoms with van der Waals surface area (Å²) in [6, 6.07) is 12.8. The molecule has 2 rings (SSSR count). The summed E-state index contributed by atoms with van der Waals surface area (Å²) < 4.78 is 0. The van der Waals surface area contributed by atoms with Crippen LogP contribution in [0.1, 0.15) is 24.5 Å². The van der Waals surface area contributed by atoms with E-state index in [-0.39, 0.29) is 6.42 Å². The highest BCUT2D eigenvalue weighted by Gasteiger charge is 2.17. The molecule has 0 saturated heterocycles. The van der Waals surface area contributed by atoms with Crippen molar-refractivity contribution < 1.29 is 9.59 Å². The summed E-state index contributed by atoms with van der Waals surface area (Å²) in [5.41, 5.74) is 6.79. The number of nitrogens with zero attached hydrogens (tertiary/aromatic N) is 3. The molecule has 146 valence electrons. The van der Waals surface area contributed by atoms with Gasteiger partial charge in [-0.2, -0.15) is 0 Å². The van der Waals surface area contributed by atoms with Gasteiger partial charge in [-0.15, -0.1) is 0 Å². The Morgan fingerprint density at radius 1 is 0.929 bits per heavy atom. The molecule has 0 bridgehead atoms. The lowest BCUT2D eigenvalue weighted by atomic mass is 10.2. The zero-order chi connectivity index (χ0) is 20.5. The number of benzene rings is 1. The maximum Gasteiger partial charge on any atom is 0.248 e. The van der Waals surface area contributed by atoms with Crippen LogP contribution in [-0.4, -0.2) is 50.4 Å². The van der Waals surface area contributed by atoms with Crippen molar-refractivity contribution in [2.45, 2.75) is 13.3 Å². The summed E-state index contributed by atoms with van der Waals surface area (Å²) >= 11 is 10.7. The van der Waals surface area contributed by atoms with Crippen LogP contribution in [0.15, 0.2) is 54.9 Å². The fourth-order valence-corrected chi connectivity index (χ4v) is 2.80. The second-order valence-electron chi connectivity index (χ2n) is 5.76. The van der Waals surface area contributed by atoms with Gasteiger partial charge in [0.1, 0.15) is 16.4 Å². The van der Waals surface area contributed by atoms with Gasteiger partial charge in [0.15, 0.2) is 0 Å². The fourth-order valence-electron chi connectivity index (χ4n) is 2.31. The van der Waals surface area contributed by atoms with Gasteiger partial charge in [0, 0.05) is 37.1 Å². The third-order valence-corrected chi connectivity index (χ3v) is 4.65. The van der Waals surface area contributed by atoms with Crippen LogP contribution in [0.4, 0.5) is 0 Å². The first-order chi connectivity index (χ1) is 13.4. The van der Waals surface area contributed by atoms with Crippen LogP contribution >= 0.6 is 24.4 Å². The number of amides is 2. The smallest absolute Gasteiger partial charge is 0.248 e. The normalized spacial score (nSPS) is 9.93. The van der Waals surface area contributed by atoms with Gasteiger partial charge in [-0.1, -0.05) is 54.8 Å². The molecule has 1 aromatic heterocycles. The van der Waals surface area contributed by atoms with E-state index < -0.39 is 11.8 Å². The van der Waals surface area contributed by atoms with E-state index in [0.29, 0.717) is 16.5 Å². The van der Waals surface area contributed by atoms with Crippen LogP contribution < -0.4 is 10.9 Å². The average Bonchev–Trinajstić information content (AvgIpc) is 2.72. The lowest BCUT2D eigenvalue weighted by Crippen LogP contribution is -2.48. The van der Waals surface area contributed by atoms with Gasteiger partial charge >= 0.3 is 0 Å². The number of hydrogen-bond donors (Lipinski definition) is 2. The van der Waals surface area contributed by atoms with Crippen LogP contribution in [-0.2, 0) is 9.59 Å². The second-order valence-corrected chi connectivity index (χ2v) is 6.54. The molecular formula is C19H21N5O2S2. The van der Waals surface area contributed by atoms with Gasteiger partial charge in [-0.25, -0.2) is 0 Å². The number of carbonyl (C=O) groups excluding carboxylic acids is 2. The largest absolute Gasteiger partial charge is 0.277 e. The fraction of sp³-hybridized carbons (Fsp3) is 0.211. The molecule has 0 aliphatic heterocycles. The molecule has 9 heteroatoms. The molecule has 0 radical (unpaired) electrons. The van der Waals surface area contributed by atoms with E-state index in [1.807, 2.05) is 37.3 Å². The molecule has 1 aromatic carbocycles. The van der Waals surface area contributed by atoms with Crippen molar-refractivity contribution in [1.29, 1.82) is 0 Å². The SMILES string of the molecule is CCN(NC(=O)CC(=O)NN(C)C(=S)c1ccccc1)C(=S)c1ccncc1. The Morgan fingerprint density at radius 3 is 2.11 bits per heavy atom. The summed E-state index contributed by atoms with van der Waals surface area (Å²) in [7, 11) is 1.63. The number of thiocarbonyl (C=S) groups is 2. The molecule has 2 N–H and O–H groups in total. The Labute approximate surface area is 174 Å². The number of rotatable bonds is 5. The maximum absolute atomic E-state index is 12.2. The summed E-state index contributed by atoms with van der Waals surface area (Å²) in [4.78, 5) is 29.3. The topological polar surface area (TPSA) is 77.6 Å². The number of carbonyl (C=O) groups is 2. The molecular weight excluding hydrogens is 394 g/mol. The molecule has 0 saturated carbocycles. The Hall–Kier alpha value is -2.91. The van der Waals surface area contributed by atoms with Crippen LogP contribution in [0.5, 0.6) is 0 Å². The van der Waals surface area contributed by atoms with Gasteiger partial charge in [0.05, 0.1) is 0 Å².